The molecular weight excluding hydrogens is 170 g/mol. The van der Waals surface area contributed by atoms with Crippen molar-refractivity contribution in [3.63, 3.8) is 0 Å². The Hall–Kier alpha value is -0.0400. The predicted molar refractivity (Wildman–Crippen MR) is 61.1 cm³/mol. The highest BCUT2D eigenvalue weighted by Crippen LogP contribution is 2.57. The largest absolute Gasteiger partial charge is 0.328 e. The standard InChI is InChI=1S/C13H25N/c1-12(2)7-4-8-13(3)9-10(14)5-6-11(12)13/h10-11H,4-9,14H2,1-3H3. The van der Waals surface area contributed by atoms with E-state index in [-0.39, 0.29) is 0 Å². The number of fused-ring (bicyclic) bond motifs is 1. The SMILES string of the molecule is CC1(C)CCCC2(C)CC(N)CCC12. The van der Waals surface area contributed by atoms with Crippen LogP contribution in [-0.2, 0) is 0 Å². The third kappa shape index (κ3) is 1.60. The van der Waals surface area contributed by atoms with Gasteiger partial charge in [0.05, 0.1) is 0 Å². The Morgan fingerprint density at radius 3 is 2.50 bits per heavy atom. The molecule has 0 aliphatic heterocycles. The fourth-order valence-electron chi connectivity index (χ4n) is 4.30. The van der Waals surface area contributed by atoms with Gasteiger partial charge in [0, 0.05) is 6.04 Å². The summed E-state index contributed by atoms with van der Waals surface area (Å²) in [6.45, 7) is 7.41. The van der Waals surface area contributed by atoms with Gasteiger partial charge in [-0.05, 0) is 48.9 Å². The Kier molecular flexibility index (Phi) is 2.42. The zero-order valence-corrected chi connectivity index (χ0v) is 9.97. The molecule has 0 radical (unpaired) electrons. The van der Waals surface area contributed by atoms with Crippen LogP contribution in [0.4, 0.5) is 0 Å². The van der Waals surface area contributed by atoms with Gasteiger partial charge >= 0.3 is 0 Å². The molecule has 1 heteroatoms. The summed E-state index contributed by atoms with van der Waals surface area (Å²) in [5.41, 5.74) is 7.23. The molecule has 3 unspecified atom stereocenters. The van der Waals surface area contributed by atoms with Crippen LogP contribution in [-0.4, -0.2) is 6.04 Å². The average Bonchev–Trinajstić information content (AvgIpc) is 2.00. The number of nitrogens with two attached hydrogens (primary N) is 1. The summed E-state index contributed by atoms with van der Waals surface area (Å²) < 4.78 is 0. The first-order valence-corrected chi connectivity index (χ1v) is 6.20. The lowest BCUT2D eigenvalue weighted by Crippen LogP contribution is -2.48. The van der Waals surface area contributed by atoms with E-state index in [2.05, 4.69) is 20.8 Å². The fourth-order valence-corrected chi connectivity index (χ4v) is 4.30. The van der Waals surface area contributed by atoms with Crippen molar-refractivity contribution in [3.8, 4) is 0 Å². The van der Waals surface area contributed by atoms with Crippen LogP contribution < -0.4 is 5.73 Å². The minimum Gasteiger partial charge on any atom is -0.328 e. The highest BCUT2D eigenvalue weighted by atomic mass is 14.7. The molecular formula is C13H25N. The Balaban J connectivity index is 2.21. The number of hydrogen-bond acceptors (Lipinski definition) is 1. The van der Waals surface area contributed by atoms with Crippen molar-refractivity contribution in [1.29, 1.82) is 0 Å². The maximum Gasteiger partial charge on any atom is 0.00442 e. The summed E-state index contributed by atoms with van der Waals surface area (Å²) in [6.07, 6.45) is 8.12. The molecule has 2 N–H and O–H groups in total. The lowest BCUT2D eigenvalue weighted by molar-refractivity contribution is -0.0372. The van der Waals surface area contributed by atoms with E-state index in [0.29, 0.717) is 16.9 Å². The topological polar surface area (TPSA) is 26.0 Å². The summed E-state index contributed by atoms with van der Waals surface area (Å²) in [5.74, 6) is 0.920. The zero-order chi connectivity index (χ0) is 10.4. The molecule has 2 aliphatic rings. The normalized spacial score (nSPS) is 47.1. The molecule has 0 aromatic carbocycles. The van der Waals surface area contributed by atoms with Gasteiger partial charge in [0.15, 0.2) is 0 Å². The van der Waals surface area contributed by atoms with Crippen molar-refractivity contribution in [2.24, 2.45) is 22.5 Å². The molecule has 2 rings (SSSR count). The van der Waals surface area contributed by atoms with E-state index in [1.165, 1.54) is 38.5 Å². The van der Waals surface area contributed by atoms with Crippen LogP contribution in [0.3, 0.4) is 0 Å². The van der Waals surface area contributed by atoms with E-state index in [1.807, 2.05) is 0 Å². The highest BCUT2D eigenvalue weighted by Gasteiger charge is 2.48. The summed E-state index contributed by atoms with van der Waals surface area (Å²) in [4.78, 5) is 0. The first kappa shape index (κ1) is 10.5. The van der Waals surface area contributed by atoms with Gasteiger partial charge in [-0.3, -0.25) is 0 Å². The molecule has 14 heavy (non-hydrogen) atoms. The van der Waals surface area contributed by atoms with E-state index >= 15 is 0 Å². The molecule has 2 saturated carbocycles. The van der Waals surface area contributed by atoms with E-state index in [0.717, 1.165) is 5.92 Å². The molecule has 0 heterocycles. The summed E-state index contributed by atoms with van der Waals surface area (Å²) in [5, 5.41) is 0. The number of hydrogen-bond donors (Lipinski definition) is 1. The first-order chi connectivity index (χ1) is 6.44. The molecule has 0 aromatic rings. The Labute approximate surface area is 88.4 Å². The molecule has 2 fully saturated rings. The molecule has 1 nitrogen and oxygen atoms in total. The minimum absolute atomic E-state index is 0.477. The second kappa shape index (κ2) is 3.23. The van der Waals surface area contributed by atoms with Crippen molar-refractivity contribution in [2.45, 2.75) is 65.3 Å². The van der Waals surface area contributed by atoms with Gasteiger partial charge in [-0.15, -0.1) is 0 Å². The number of rotatable bonds is 0. The maximum atomic E-state index is 6.12. The quantitative estimate of drug-likeness (QED) is 0.630. The summed E-state index contributed by atoms with van der Waals surface area (Å²) >= 11 is 0. The fraction of sp³-hybridized carbons (Fsp3) is 1.00. The van der Waals surface area contributed by atoms with Crippen LogP contribution in [0.2, 0.25) is 0 Å². The van der Waals surface area contributed by atoms with E-state index in [4.69, 9.17) is 5.73 Å². The predicted octanol–water partition coefficient (Wildman–Crippen LogP) is 3.33. The van der Waals surface area contributed by atoms with Crippen LogP contribution in [0.1, 0.15) is 59.3 Å². The molecule has 0 bridgehead atoms. The van der Waals surface area contributed by atoms with Gasteiger partial charge in [-0.2, -0.15) is 0 Å². The molecule has 0 aromatic heterocycles. The monoisotopic (exact) mass is 195 g/mol. The lowest BCUT2D eigenvalue weighted by atomic mass is 9.51. The molecule has 2 aliphatic carbocycles. The van der Waals surface area contributed by atoms with Gasteiger partial charge < -0.3 is 5.73 Å². The van der Waals surface area contributed by atoms with Crippen molar-refractivity contribution in [3.05, 3.63) is 0 Å². The van der Waals surface area contributed by atoms with Crippen molar-refractivity contribution in [2.75, 3.05) is 0 Å². The van der Waals surface area contributed by atoms with Crippen LogP contribution in [0, 0.1) is 16.7 Å². The lowest BCUT2D eigenvalue weighted by Gasteiger charge is -2.55. The van der Waals surface area contributed by atoms with Crippen LogP contribution in [0.5, 0.6) is 0 Å². The van der Waals surface area contributed by atoms with Crippen molar-refractivity contribution in [1.82, 2.24) is 0 Å². The highest BCUT2D eigenvalue weighted by molar-refractivity contribution is 5.00. The Morgan fingerprint density at radius 2 is 1.79 bits per heavy atom. The summed E-state index contributed by atoms with van der Waals surface area (Å²) in [7, 11) is 0. The molecule has 0 saturated heterocycles. The van der Waals surface area contributed by atoms with Crippen LogP contribution in [0.25, 0.3) is 0 Å². The van der Waals surface area contributed by atoms with Crippen molar-refractivity contribution >= 4 is 0 Å². The van der Waals surface area contributed by atoms with Crippen molar-refractivity contribution < 1.29 is 0 Å². The van der Waals surface area contributed by atoms with E-state index in [1.54, 1.807) is 0 Å². The summed E-state index contributed by atoms with van der Waals surface area (Å²) in [6, 6.07) is 0.477. The van der Waals surface area contributed by atoms with Gasteiger partial charge in [0.25, 0.3) is 0 Å². The molecule has 3 atom stereocenters. The zero-order valence-electron chi connectivity index (χ0n) is 9.97. The Bertz CT molecular complexity index is 221. The smallest absolute Gasteiger partial charge is 0.00442 e. The second-order valence-corrected chi connectivity index (χ2v) is 6.59. The Morgan fingerprint density at radius 1 is 1.07 bits per heavy atom. The van der Waals surface area contributed by atoms with E-state index < -0.39 is 0 Å². The van der Waals surface area contributed by atoms with Gasteiger partial charge in [0.1, 0.15) is 0 Å². The van der Waals surface area contributed by atoms with Crippen LogP contribution >= 0.6 is 0 Å². The van der Waals surface area contributed by atoms with Gasteiger partial charge in [-0.1, -0.05) is 27.2 Å². The third-order valence-electron chi connectivity index (χ3n) is 4.91. The maximum absolute atomic E-state index is 6.12. The van der Waals surface area contributed by atoms with Gasteiger partial charge in [0.2, 0.25) is 0 Å². The minimum atomic E-state index is 0.477. The van der Waals surface area contributed by atoms with E-state index in [9.17, 15) is 0 Å². The molecule has 82 valence electrons. The van der Waals surface area contributed by atoms with Crippen LogP contribution in [0.15, 0.2) is 0 Å². The first-order valence-electron chi connectivity index (χ1n) is 6.20. The molecule has 0 amide bonds. The van der Waals surface area contributed by atoms with Gasteiger partial charge in [-0.25, -0.2) is 0 Å². The average molecular weight is 195 g/mol. The molecule has 0 spiro atoms. The second-order valence-electron chi connectivity index (χ2n) is 6.59. The third-order valence-corrected chi connectivity index (χ3v) is 4.91.